The van der Waals surface area contributed by atoms with Crippen molar-refractivity contribution in [2.45, 2.75) is 0 Å². The van der Waals surface area contributed by atoms with E-state index in [4.69, 9.17) is 124 Å². The van der Waals surface area contributed by atoms with Gasteiger partial charge >= 0.3 is 0 Å². The van der Waals surface area contributed by atoms with Gasteiger partial charge in [0.25, 0.3) is 0 Å². The smallest absolute Gasteiger partial charge is 0.0704 e. The molecule has 474 valence electrons. The fourth-order valence-corrected chi connectivity index (χ4v) is 5.51. The highest BCUT2D eigenvalue weighted by molar-refractivity contribution is 4.63. The molecule has 0 aromatic rings. The van der Waals surface area contributed by atoms with Crippen molar-refractivity contribution in [1.29, 1.82) is 0 Å². The van der Waals surface area contributed by atoms with E-state index in [1.54, 1.807) is 6.08 Å². The molecule has 0 fully saturated rings. The van der Waals surface area contributed by atoms with E-state index in [1.165, 1.54) is 0 Å². The van der Waals surface area contributed by atoms with Crippen LogP contribution in [0, 0.1) is 0 Å². The second-order valence-electron chi connectivity index (χ2n) is 15.8. The van der Waals surface area contributed by atoms with Crippen LogP contribution in [0.3, 0.4) is 0 Å². The topological polar surface area (TPSA) is 251 Å². The van der Waals surface area contributed by atoms with Gasteiger partial charge in [-0.2, -0.15) is 0 Å². The Balaban J connectivity index is 3.08. The van der Waals surface area contributed by atoms with Crippen molar-refractivity contribution in [2.24, 2.45) is 0 Å². The molecule has 0 aliphatic heterocycles. The number of aliphatic hydroxyl groups is 1. The molecule has 26 heteroatoms. The van der Waals surface area contributed by atoms with Crippen molar-refractivity contribution < 1.29 is 124 Å². The second kappa shape index (κ2) is 76.7. The Morgan fingerprint density at radius 3 is 0.329 bits per heavy atom. The minimum absolute atomic E-state index is 0.0178. The second-order valence-corrected chi connectivity index (χ2v) is 15.8. The first kappa shape index (κ1) is 77.7. The lowest BCUT2D eigenvalue weighted by Gasteiger charge is -2.09. The summed E-state index contributed by atoms with van der Waals surface area (Å²) in [6.07, 6.45) is 1.71. The van der Waals surface area contributed by atoms with Gasteiger partial charge in [-0.1, -0.05) is 6.08 Å². The summed E-state index contributed by atoms with van der Waals surface area (Å²) in [4.78, 5) is 0. The molecular weight excluding hydrogens is 1050 g/mol. The molecule has 0 aromatic heterocycles. The quantitative estimate of drug-likeness (QED) is 0.0646. The molecule has 1 N–H and O–H groups in total. The van der Waals surface area contributed by atoms with Crippen LogP contribution < -0.4 is 0 Å². The van der Waals surface area contributed by atoms with E-state index in [2.05, 4.69) is 6.58 Å². The minimum Gasteiger partial charge on any atom is -0.394 e. The molecule has 0 saturated heterocycles. The van der Waals surface area contributed by atoms with Crippen LogP contribution in [0.4, 0.5) is 0 Å². The van der Waals surface area contributed by atoms with Crippen molar-refractivity contribution >= 4 is 0 Å². The average molecular weight is 1160 g/mol. The molecule has 0 radical (unpaired) electrons. The van der Waals surface area contributed by atoms with Crippen LogP contribution in [-0.2, 0) is 118 Å². The minimum atomic E-state index is 0.0178. The SMILES string of the molecule is C=CCOCCOCCOCCOCCOCCOCCOCCOCCOCCOCCOCCOCCOCCOCCOCCOCCOCCOCCOCCOCCOCCOCCOCCOCCOCCO. The fourth-order valence-electron chi connectivity index (χ4n) is 5.51. The predicted octanol–water partition coefficient (Wildman–Crippen LogP) is 0.580. The third-order valence-corrected chi connectivity index (χ3v) is 9.40. The van der Waals surface area contributed by atoms with Crippen LogP contribution in [0.25, 0.3) is 0 Å². The molecule has 0 saturated carbocycles. The number of hydrogen-bond donors (Lipinski definition) is 1. The third-order valence-electron chi connectivity index (χ3n) is 9.40. The van der Waals surface area contributed by atoms with E-state index in [1.807, 2.05) is 0 Å². The van der Waals surface area contributed by atoms with Gasteiger partial charge in [-0.3, -0.25) is 0 Å². The molecule has 0 aliphatic carbocycles. The maximum atomic E-state index is 8.61. The van der Waals surface area contributed by atoms with Gasteiger partial charge in [-0.05, 0) is 0 Å². The van der Waals surface area contributed by atoms with Crippen molar-refractivity contribution in [3.05, 3.63) is 12.7 Å². The summed E-state index contributed by atoms with van der Waals surface area (Å²) in [6, 6.07) is 0. The number of aliphatic hydroxyl groups excluding tert-OH is 1. The third kappa shape index (κ3) is 76.7. The van der Waals surface area contributed by atoms with Gasteiger partial charge in [0.1, 0.15) is 0 Å². The summed E-state index contributed by atoms with van der Waals surface area (Å²) in [5.74, 6) is 0. The van der Waals surface area contributed by atoms with Crippen LogP contribution in [0.5, 0.6) is 0 Å². The lowest BCUT2D eigenvalue weighted by molar-refractivity contribution is -0.0321. The molecular formula is C53H106O26. The van der Waals surface area contributed by atoms with E-state index in [-0.39, 0.29) is 6.61 Å². The Kier molecular flexibility index (Phi) is 75.4. The molecule has 0 spiro atoms. The zero-order valence-electron chi connectivity index (χ0n) is 48.0. The Morgan fingerprint density at radius 2 is 0.241 bits per heavy atom. The first-order chi connectivity index (χ1) is 39.4. The number of ether oxygens (including phenoxy) is 25. The molecule has 0 aliphatic rings. The lowest BCUT2D eigenvalue weighted by atomic mass is 10.6. The maximum absolute atomic E-state index is 8.61. The van der Waals surface area contributed by atoms with E-state index in [0.717, 1.165) is 0 Å². The van der Waals surface area contributed by atoms with Crippen LogP contribution in [0.2, 0.25) is 0 Å². The van der Waals surface area contributed by atoms with Crippen molar-refractivity contribution in [3.63, 3.8) is 0 Å². The molecule has 26 nitrogen and oxygen atoms in total. The Bertz CT molecular complexity index is 1070. The Hall–Kier alpha value is -1.30. The largest absolute Gasteiger partial charge is 0.394 e. The molecule has 0 heterocycles. The highest BCUT2D eigenvalue weighted by Crippen LogP contribution is 1.91. The van der Waals surface area contributed by atoms with Crippen molar-refractivity contribution in [3.8, 4) is 0 Å². The molecule has 0 unspecified atom stereocenters. The molecule has 79 heavy (non-hydrogen) atoms. The molecule has 0 amide bonds. The van der Waals surface area contributed by atoms with Gasteiger partial charge in [0.05, 0.1) is 337 Å². The Morgan fingerprint density at radius 1 is 0.152 bits per heavy atom. The van der Waals surface area contributed by atoms with E-state index >= 15 is 0 Å². The maximum Gasteiger partial charge on any atom is 0.0704 e. The normalized spacial score (nSPS) is 11.7. The number of hydrogen-bond acceptors (Lipinski definition) is 26. The summed E-state index contributed by atoms with van der Waals surface area (Å²) in [7, 11) is 0. The standard InChI is InChI=1S/C53H106O26/c1-2-4-55-6-8-57-10-12-59-14-16-61-18-20-63-22-24-65-26-28-67-30-32-69-34-36-71-38-40-73-42-44-75-46-48-77-50-52-79-53-51-78-49-47-76-45-43-74-41-39-72-37-35-70-33-31-68-29-27-66-25-23-64-21-19-62-17-15-60-13-11-58-9-7-56-5-3-54/h2,54H,1,3-53H2. The summed E-state index contributed by atoms with van der Waals surface area (Å²) < 4.78 is 137. The molecule has 0 aromatic carbocycles. The molecule has 0 atom stereocenters. The first-order valence-electron chi connectivity index (χ1n) is 28.1. The average Bonchev–Trinajstić information content (AvgIpc) is 3.46. The summed E-state index contributed by atoms with van der Waals surface area (Å²) >= 11 is 0. The van der Waals surface area contributed by atoms with Gasteiger partial charge in [-0.15, -0.1) is 6.58 Å². The molecule has 0 rings (SSSR count). The highest BCUT2D eigenvalue weighted by Gasteiger charge is 2.00. The lowest BCUT2D eigenvalue weighted by Crippen LogP contribution is -2.16. The van der Waals surface area contributed by atoms with E-state index in [9.17, 15) is 0 Å². The van der Waals surface area contributed by atoms with Gasteiger partial charge in [0.15, 0.2) is 0 Å². The van der Waals surface area contributed by atoms with E-state index in [0.29, 0.717) is 330 Å². The predicted molar refractivity (Wildman–Crippen MR) is 288 cm³/mol. The van der Waals surface area contributed by atoms with Crippen molar-refractivity contribution in [1.82, 2.24) is 0 Å². The van der Waals surface area contributed by atoms with Crippen LogP contribution in [0.1, 0.15) is 0 Å². The number of rotatable bonds is 76. The van der Waals surface area contributed by atoms with Crippen LogP contribution in [0.15, 0.2) is 12.7 Å². The van der Waals surface area contributed by atoms with Gasteiger partial charge in [0, 0.05) is 0 Å². The summed E-state index contributed by atoms with van der Waals surface area (Å²) in [5, 5.41) is 8.61. The monoisotopic (exact) mass is 1160 g/mol. The zero-order chi connectivity index (χ0) is 56.4. The fraction of sp³-hybridized carbons (Fsp3) is 0.962. The summed E-state index contributed by atoms with van der Waals surface area (Å²) in [6.45, 7) is 28.2. The summed E-state index contributed by atoms with van der Waals surface area (Å²) in [5.41, 5.74) is 0. The van der Waals surface area contributed by atoms with E-state index < -0.39 is 0 Å². The van der Waals surface area contributed by atoms with Gasteiger partial charge in [0.2, 0.25) is 0 Å². The van der Waals surface area contributed by atoms with Crippen LogP contribution >= 0.6 is 0 Å². The van der Waals surface area contributed by atoms with Crippen LogP contribution in [-0.4, -0.2) is 342 Å². The van der Waals surface area contributed by atoms with Gasteiger partial charge < -0.3 is 124 Å². The first-order valence-corrected chi connectivity index (χ1v) is 28.1. The van der Waals surface area contributed by atoms with Gasteiger partial charge in [-0.25, -0.2) is 0 Å². The molecule has 0 bridgehead atoms. The highest BCUT2D eigenvalue weighted by atomic mass is 16.6. The zero-order valence-corrected chi connectivity index (χ0v) is 48.0. The Labute approximate surface area is 472 Å². The van der Waals surface area contributed by atoms with Crippen molar-refractivity contribution in [2.75, 3.05) is 337 Å².